The summed E-state index contributed by atoms with van der Waals surface area (Å²) in [5.41, 5.74) is 0.531. The number of hydrogen-bond acceptors (Lipinski definition) is 1. The molecule has 0 heterocycles. The first kappa shape index (κ1) is 8.87. The zero-order chi connectivity index (χ0) is 8.97. The lowest BCUT2D eigenvalue weighted by Crippen LogP contribution is -1.83. The van der Waals surface area contributed by atoms with E-state index < -0.39 is 11.6 Å². The summed E-state index contributed by atoms with van der Waals surface area (Å²) in [7, 11) is 0. The molecule has 1 nitrogen and oxygen atoms in total. The van der Waals surface area contributed by atoms with E-state index >= 15 is 0 Å². The minimum Gasteiger partial charge on any atom is -0.392 e. The summed E-state index contributed by atoms with van der Waals surface area (Å²) in [4.78, 5) is 0. The second-order valence-corrected chi connectivity index (χ2v) is 2.26. The molecular formula is C9H8F2O. The van der Waals surface area contributed by atoms with E-state index in [2.05, 4.69) is 0 Å². The standard InChI is InChI=1S/C9H8F2O/c10-8-4-3-7(2-1-5-12)6-9(8)11/h1-4,6,12H,5H2. The van der Waals surface area contributed by atoms with Gasteiger partial charge in [0.25, 0.3) is 0 Å². The maximum absolute atomic E-state index is 12.5. The van der Waals surface area contributed by atoms with Crippen molar-refractivity contribution in [3.05, 3.63) is 41.5 Å². The van der Waals surface area contributed by atoms with E-state index in [0.29, 0.717) is 5.56 Å². The van der Waals surface area contributed by atoms with Crippen LogP contribution in [0.25, 0.3) is 6.08 Å². The molecule has 0 saturated heterocycles. The van der Waals surface area contributed by atoms with Crippen molar-refractivity contribution in [3.63, 3.8) is 0 Å². The van der Waals surface area contributed by atoms with Gasteiger partial charge in [-0.25, -0.2) is 8.78 Å². The SMILES string of the molecule is OCC=Cc1ccc(F)c(F)c1. The van der Waals surface area contributed by atoms with Crippen LogP contribution in [-0.2, 0) is 0 Å². The first-order chi connectivity index (χ1) is 5.74. The highest BCUT2D eigenvalue weighted by atomic mass is 19.2. The van der Waals surface area contributed by atoms with Gasteiger partial charge in [-0.05, 0) is 17.7 Å². The van der Waals surface area contributed by atoms with Gasteiger partial charge in [0.05, 0.1) is 6.61 Å². The first-order valence-electron chi connectivity index (χ1n) is 3.46. The number of hydrogen-bond donors (Lipinski definition) is 1. The molecule has 0 atom stereocenters. The lowest BCUT2D eigenvalue weighted by Gasteiger charge is -1.94. The molecular weight excluding hydrogens is 162 g/mol. The van der Waals surface area contributed by atoms with E-state index in [4.69, 9.17) is 5.11 Å². The van der Waals surface area contributed by atoms with Crippen LogP contribution in [0.5, 0.6) is 0 Å². The Labute approximate surface area is 69.0 Å². The van der Waals surface area contributed by atoms with Crippen LogP contribution in [0.4, 0.5) is 8.78 Å². The van der Waals surface area contributed by atoms with Crippen LogP contribution in [0.15, 0.2) is 24.3 Å². The van der Waals surface area contributed by atoms with Crippen LogP contribution in [0.2, 0.25) is 0 Å². The summed E-state index contributed by atoms with van der Waals surface area (Å²) in [6, 6.07) is 3.55. The van der Waals surface area contributed by atoms with Gasteiger partial charge in [-0.3, -0.25) is 0 Å². The molecule has 0 spiro atoms. The molecule has 64 valence electrons. The van der Waals surface area contributed by atoms with Crippen molar-refractivity contribution < 1.29 is 13.9 Å². The quantitative estimate of drug-likeness (QED) is 0.719. The molecule has 1 rings (SSSR count). The third kappa shape index (κ3) is 2.13. The van der Waals surface area contributed by atoms with Gasteiger partial charge >= 0.3 is 0 Å². The molecule has 3 heteroatoms. The van der Waals surface area contributed by atoms with E-state index in [0.717, 1.165) is 12.1 Å². The monoisotopic (exact) mass is 170 g/mol. The number of aliphatic hydroxyl groups excluding tert-OH is 1. The summed E-state index contributed by atoms with van der Waals surface area (Å²) >= 11 is 0. The minimum absolute atomic E-state index is 0.112. The van der Waals surface area contributed by atoms with Gasteiger partial charge in [-0.15, -0.1) is 0 Å². The van der Waals surface area contributed by atoms with E-state index in [9.17, 15) is 8.78 Å². The fourth-order valence-corrected chi connectivity index (χ4v) is 0.805. The minimum atomic E-state index is -0.880. The molecule has 0 unspecified atom stereocenters. The van der Waals surface area contributed by atoms with Crippen molar-refractivity contribution in [1.82, 2.24) is 0 Å². The van der Waals surface area contributed by atoms with Gasteiger partial charge in [-0.1, -0.05) is 18.2 Å². The van der Waals surface area contributed by atoms with Crippen LogP contribution in [-0.4, -0.2) is 11.7 Å². The van der Waals surface area contributed by atoms with Crippen molar-refractivity contribution in [2.45, 2.75) is 0 Å². The van der Waals surface area contributed by atoms with Gasteiger partial charge in [-0.2, -0.15) is 0 Å². The molecule has 0 aromatic heterocycles. The largest absolute Gasteiger partial charge is 0.392 e. The number of halogens is 2. The Morgan fingerprint density at radius 1 is 1.25 bits per heavy atom. The smallest absolute Gasteiger partial charge is 0.159 e. The third-order valence-electron chi connectivity index (χ3n) is 1.36. The molecule has 1 N–H and O–H groups in total. The second-order valence-electron chi connectivity index (χ2n) is 2.26. The van der Waals surface area contributed by atoms with Crippen molar-refractivity contribution in [2.24, 2.45) is 0 Å². The molecule has 1 aromatic rings. The van der Waals surface area contributed by atoms with Gasteiger partial charge in [0, 0.05) is 0 Å². The van der Waals surface area contributed by atoms with Crippen LogP contribution in [0, 0.1) is 11.6 Å². The van der Waals surface area contributed by atoms with Crippen molar-refractivity contribution in [3.8, 4) is 0 Å². The predicted octanol–water partition coefficient (Wildman–Crippen LogP) is 1.97. The zero-order valence-electron chi connectivity index (χ0n) is 6.30. The molecule has 0 radical (unpaired) electrons. The topological polar surface area (TPSA) is 20.2 Å². The summed E-state index contributed by atoms with van der Waals surface area (Å²) in [5.74, 6) is -1.74. The van der Waals surface area contributed by atoms with Crippen LogP contribution in [0.1, 0.15) is 5.56 Å². The Kier molecular flexibility index (Phi) is 2.94. The molecule has 0 aliphatic carbocycles. The molecule has 12 heavy (non-hydrogen) atoms. The molecule has 0 bridgehead atoms. The van der Waals surface area contributed by atoms with Crippen molar-refractivity contribution in [1.29, 1.82) is 0 Å². The van der Waals surface area contributed by atoms with E-state index in [1.165, 1.54) is 18.2 Å². The highest BCUT2D eigenvalue weighted by Crippen LogP contribution is 2.09. The molecule has 1 aromatic carbocycles. The summed E-state index contributed by atoms with van der Waals surface area (Å²) in [5, 5.41) is 8.40. The first-order valence-corrected chi connectivity index (χ1v) is 3.46. The normalized spacial score (nSPS) is 10.9. The van der Waals surface area contributed by atoms with E-state index in [-0.39, 0.29) is 6.61 Å². The maximum atomic E-state index is 12.5. The lowest BCUT2D eigenvalue weighted by molar-refractivity contribution is 0.343. The highest BCUT2D eigenvalue weighted by Gasteiger charge is 1.99. The third-order valence-corrected chi connectivity index (χ3v) is 1.36. The molecule has 0 aliphatic rings. The molecule has 0 amide bonds. The summed E-state index contributed by atoms with van der Waals surface area (Å²) in [6.45, 7) is -0.112. The van der Waals surface area contributed by atoms with Gasteiger partial charge in [0.2, 0.25) is 0 Å². The van der Waals surface area contributed by atoms with Crippen LogP contribution < -0.4 is 0 Å². The van der Waals surface area contributed by atoms with E-state index in [1.54, 1.807) is 0 Å². The van der Waals surface area contributed by atoms with E-state index in [1.807, 2.05) is 0 Å². The summed E-state index contributed by atoms with van der Waals surface area (Å²) in [6.07, 6.45) is 2.97. The average molecular weight is 170 g/mol. The lowest BCUT2D eigenvalue weighted by atomic mass is 10.2. The Hall–Kier alpha value is -1.22. The average Bonchev–Trinajstić information content (AvgIpc) is 2.07. The van der Waals surface area contributed by atoms with Gasteiger partial charge in [0.1, 0.15) is 0 Å². The Bertz CT molecular complexity index is 295. The van der Waals surface area contributed by atoms with Gasteiger partial charge in [0.15, 0.2) is 11.6 Å². The zero-order valence-corrected chi connectivity index (χ0v) is 6.30. The fourth-order valence-electron chi connectivity index (χ4n) is 0.805. The second kappa shape index (κ2) is 3.97. The maximum Gasteiger partial charge on any atom is 0.159 e. The number of benzene rings is 1. The Morgan fingerprint density at radius 2 is 2.00 bits per heavy atom. The van der Waals surface area contributed by atoms with Crippen molar-refractivity contribution in [2.75, 3.05) is 6.61 Å². The Morgan fingerprint density at radius 3 is 2.58 bits per heavy atom. The number of aliphatic hydroxyl groups is 1. The predicted molar refractivity (Wildman–Crippen MR) is 42.5 cm³/mol. The fraction of sp³-hybridized carbons (Fsp3) is 0.111. The van der Waals surface area contributed by atoms with Crippen molar-refractivity contribution >= 4 is 6.08 Å². The van der Waals surface area contributed by atoms with Gasteiger partial charge < -0.3 is 5.11 Å². The Balaban J connectivity index is 2.89. The molecule has 0 aliphatic heterocycles. The number of rotatable bonds is 2. The highest BCUT2D eigenvalue weighted by molar-refractivity contribution is 5.49. The summed E-state index contributed by atoms with van der Waals surface area (Å²) < 4.78 is 24.9. The molecule has 0 fully saturated rings. The van der Waals surface area contributed by atoms with Crippen LogP contribution in [0.3, 0.4) is 0 Å². The molecule has 0 saturated carbocycles. The van der Waals surface area contributed by atoms with Crippen LogP contribution >= 0.6 is 0 Å².